The normalized spacial score (nSPS) is 17.9. The number of para-hydroxylation sites is 1. The molecule has 1 atom stereocenters. The van der Waals surface area contributed by atoms with Crippen LogP contribution in [0.25, 0.3) is 17.0 Å². The van der Waals surface area contributed by atoms with Gasteiger partial charge in [0.25, 0.3) is 0 Å². The Morgan fingerprint density at radius 1 is 1.23 bits per heavy atom. The molecular weight excluding hydrogens is 429 g/mol. The van der Waals surface area contributed by atoms with E-state index in [1.165, 1.54) is 29.2 Å². The lowest BCUT2D eigenvalue weighted by Crippen LogP contribution is -2.11. The van der Waals surface area contributed by atoms with Crippen LogP contribution in [0.5, 0.6) is 0 Å². The van der Waals surface area contributed by atoms with Crippen molar-refractivity contribution >= 4 is 50.9 Å². The Bertz CT molecular complexity index is 1350. The van der Waals surface area contributed by atoms with Crippen molar-refractivity contribution in [1.82, 2.24) is 9.55 Å². The molecule has 0 amide bonds. The molecule has 4 nitrogen and oxygen atoms in total. The molecule has 0 aliphatic carbocycles. The Labute approximate surface area is 187 Å². The largest absolute Gasteiger partial charge is 0.340 e. The van der Waals surface area contributed by atoms with Crippen molar-refractivity contribution in [2.24, 2.45) is 0 Å². The number of hydrogen-bond donors (Lipinski definition) is 1. The number of carbonyl (C=O) groups is 1. The van der Waals surface area contributed by atoms with E-state index in [9.17, 15) is 9.18 Å². The molecule has 1 aliphatic heterocycles. The fourth-order valence-electron chi connectivity index (χ4n) is 3.98. The molecule has 3 heterocycles. The number of nitrogens with zero attached hydrogens (tertiary/aromatic N) is 2. The van der Waals surface area contributed by atoms with Gasteiger partial charge in [0.15, 0.2) is 5.78 Å². The molecule has 0 spiro atoms. The Balaban J connectivity index is 1.59. The van der Waals surface area contributed by atoms with Gasteiger partial charge in [-0.15, -0.1) is 11.3 Å². The van der Waals surface area contributed by atoms with Crippen molar-refractivity contribution < 1.29 is 9.18 Å². The number of ketones is 1. The SMILES string of the molecule is Cc1c(C=C2SC(=N)C(c3nccs3)C2=O)c2ccccc2n1Cc1cccc(F)c1. The minimum Gasteiger partial charge on any atom is -0.340 e. The molecule has 1 fully saturated rings. The van der Waals surface area contributed by atoms with E-state index in [0.717, 1.165) is 27.7 Å². The summed E-state index contributed by atoms with van der Waals surface area (Å²) in [4.78, 5) is 17.9. The molecule has 31 heavy (non-hydrogen) atoms. The number of thioether (sulfide) groups is 1. The number of nitrogens with one attached hydrogen (secondary N) is 1. The highest BCUT2D eigenvalue weighted by molar-refractivity contribution is 8.19. The zero-order valence-corrected chi connectivity index (χ0v) is 18.3. The number of Topliss-reactive ketones (excluding diaryl/α,β-unsaturated/α-hetero) is 1. The van der Waals surface area contributed by atoms with Crippen LogP contribution in [-0.4, -0.2) is 20.4 Å². The second-order valence-corrected chi connectivity index (χ2v) is 9.38. The van der Waals surface area contributed by atoms with Gasteiger partial charge in [-0.05, 0) is 36.8 Å². The van der Waals surface area contributed by atoms with Crippen LogP contribution in [0.4, 0.5) is 4.39 Å². The Kier molecular flexibility index (Phi) is 5.08. The van der Waals surface area contributed by atoms with E-state index in [4.69, 9.17) is 5.41 Å². The van der Waals surface area contributed by atoms with Gasteiger partial charge < -0.3 is 4.57 Å². The molecule has 0 saturated carbocycles. The van der Waals surface area contributed by atoms with Crippen LogP contribution in [0.2, 0.25) is 0 Å². The summed E-state index contributed by atoms with van der Waals surface area (Å²) in [6, 6.07) is 14.6. The number of fused-ring (bicyclic) bond motifs is 1. The van der Waals surface area contributed by atoms with E-state index in [1.807, 2.05) is 48.7 Å². The summed E-state index contributed by atoms with van der Waals surface area (Å²) in [5.41, 5.74) is 3.85. The van der Waals surface area contributed by atoms with Crippen LogP contribution in [0.1, 0.15) is 27.7 Å². The van der Waals surface area contributed by atoms with Gasteiger partial charge in [-0.3, -0.25) is 10.2 Å². The Hall–Kier alpha value is -3.03. The molecule has 1 saturated heterocycles. The van der Waals surface area contributed by atoms with Crippen LogP contribution in [-0.2, 0) is 11.3 Å². The van der Waals surface area contributed by atoms with Gasteiger partial charge in [-0.25, -0.2) is 9.37 Å². The van der Waals surface area contributed by atoms with Crippen molar-refractivity contribution in [1.29, 1.82) is 5.41 Å². The van der Waals surface area contributed by atoms with E-state index in [-0.39, 0.29) is 11.6 Å². The number of benzene rings is 2. The average Bonchev–Trinajstić information content (AvgIpc) is 3.43. The molecule has 5 rings (SSSR count). The van der Waals surface area contributed by atoms with Crippen molar-refractivity contribution in [3.8, 4) is 0 Å². The van der Waals surface area contributed by atoms with E-state index >= 15 is 0 Å². The number of allylic oxidation sites excluding steroid dienone is 1. The van der Waals surface area contributed by atoms with Crippen molar-refractivity contribution in [2.75, 3.05) is 0 Å². The molecule has 2 aromatic heterocycles. The second-order valence-electron chi connectivity index (χ2n) is 7.37. The number of thiazole rings is 1. The van der Waals surface area contributed by atoms with Crippen molar-refractivity contribution in [3.63, 3.8) is 0 Å². The minimum absolute atomic E-state index is 0.0775. The second kappa shape index (κ2) is 7.90. The van der Waals surface area contributed by atoms with Gasteiger partial charge in [0, 0.05) is 40.3 Å². The number of halogens is 1. The monoisotopic (exact) mass is 447 g/mol. The van der Waals surface area contributed by atoms with Gasteiger partial charge in [0.05, 0.1) is 9.95 Å². The number of aromatic nitrogens is 2. The summed E-state index contributed by atoms with van der Waals surface area (Å²) in [7, 11) is 0. The summed E-state index contributed by atoms with van der Waals surface area (Å²) in [5, 5.41) is 12.2. The highest BCUT2D eigenvalue weighted by Crippen LogP contribution is 2.42. The van der Waals surface area contributed by atoms with Crippen LogP contribution < -0.4 is 0 Å². The minimum atomic E-state index is -0.600. The van der Waals surface area contributed by atoms with E-state index < -0.39 is 5.92 Å². The maximum absolute atomic E-state index is 13.7. The molecule has 0 bridgehead atoms. The van der Waals surface area contributed by atoms with Gasteiger partial charge >= 0.3 is 0 Å². The molecule has 4 aromatic rings. The quantitative estimate of drug-likeness (QED) is 0.390. The Morgan fingerprint density at radius 2 is 2.06 bits per heavy atom. The molecule has 1 N–H and O–H groups in total. The third-order valence-corrected chi connectivity index (χ3v) is 7.31. The van der Waals surface area contributed by atoms with Crippen molar-refractivity contribution in [2.45, 2.75) is 19.4 Å². The number of carbonyl (C=O) groups excluding carboxylic acids is 1. The van der Waals surface area contributed by atoms with E-state index in [1.54, 1.807) is 18.3 Å². The molecule has 1 aliphatic rings. The fraction of sp³-hybridized carbons (Fsp3) is 0.125. The first-order chi connectivity index (χ1) is 15.0. The predicted molar refractivity (Wildman–Crippen MR) is 125 cm³/mol. The summed E-state index contributed by atoms with van der Waals surface area (Å²) < 4.78 is 15.9. The van der Waals surface area contributed by atoms with Crippen LogP contribution in [0.3, 0.4) is 0 Å². The first kappa shape index (κ1) is 19.9. The lowest BCUT2D eigenvalue weighted by molar-refractivity contribution is -0.114. The van der Waals surface area contributed by atoms with Gasteiger partial charge in [0.2, 0.25) is 0 Å². The maximum Gasteiger partial charge on any atom is 0.186 e. The average molecular weight is 448 g/mol. The zero-order valence-electron chi connectivity index (χ0n) is 16.6. The third kappa shape index (κ3) is 3.54. The first-order valence-electron chi connectivity index (χ1n) is 9.77. The lowest BCUT2D eigenvalue weighted by Gasteiger charge is -2.09. The summed E-state index contributed by atoms with van der Waals surface area (Å²) in [6.45, 7) is 2.55. The van der Waals surface area contributed by atoms with E-state index in [0.29, 0.717) is 21.5 Å². The molecule has 7 heteroatoms. The highest BCUT2D eigenvalue weighted by atomic mass is 32.2. The Morgan fingerprint density at radius 3 is 2.84 bits per heavy atom. The predicted octanol–water partition coefficient (Wildman–Crippen LogP) is 6.01. The van der Waals surface area contributed by atoms with Gasteiger partial charge in [-0.2, -0.15) is 0 Å². The van der Waals surface area contributed by atoms with Crippen molar-refractivity contribution in [3.05, 3.63) is 92.7 Å². The molecule has 1 unspecified atom stereocenters. The smallest absolute Gasteiger partial charge is 0.186 e. The maximum atomic E-state index is 13.7. The first-order valence-corrected chi connectivity index (χ1v) is 11.5. The van der Waals surface area contributed by atoms with Gasteiger partial charge in [-0.1, -0.05) is 42.1 Å². The zero-order chi connectivity index (χ0) is 21.5. The third-order valence-electron chi connectivity index (χ3n) is 5.47. The van der Waals surface area contributed by atoms with Crippen LogP contribution >= 0.6 is 23.1 Å². The highest BCUT2D eigenvalue weighted by Gasteiger charge is 2.38. The fourth-order valence-corrected chi connectivity index (χ4v) is 5.77. The molecule has 154 valence electrons. The summed E-state index contributed by atoms with van der Waals surface area (Å²) in [5.74, 6) is -0.933. The summed E-state index contributed by atoms with van der Waals surface area (Å²) >= 11 is 2.61. The number of rotatable bonds is 4. The molecular formula is C24H18FN3OS2. The van der Waals surface area contributed by atoms with Crippen LogP contribution in [0, 0.1) is 18.2 Å². The summed E-state index contributed by atoms with van der Waals surface area (Å²) in [6.07, 6.45) is 3.56. The molecule has 0 radical (unpaired) electrons. The lowest BCUT2D eigenvalue weighted by atomic mass is 10.0. The number of hydrogen-bond acceptors (Lipinski definition) is 5. The molecule has 2 aromatic carbocycles. The van der Waals surface area contributed by atoms with Gasteiger partial charge in [0.1, 0.15) is 16.7 Å². The van der Waals surface area contributed by atoms with E-state index in [2.05, 4.69) is 9.55 Å². The van der Waals surface area contributed by atoms with Crippen LogP contribution in [0.15, 0.2) is 65.0 Å². The topological polar surface area (TPSA) is 58.7 Å². The standard InChI is InChI=1S/C24H18FN3OS2/c1-14-18(12-20-22(29)21(23(26)31-20)24-27-9-10-30-24)17-7-2-3-8-19(17)28(14)13-15-5-4-6-16(25)11-15/h2-12,21,26H,13H2,1H3.